The molecule has 0 unspecified atom stereocenters. The van der Waals surface area contributed by atoms with Crippen molar-refractivity contribution in [2.75, 3.05) is 32.4 Å². The van der Waals surface area contributed by atoms with E-state index in [1.54, 1.807) is 11.8 Å². The fourth-order valence-electron chi connectivity index (χ4n) is 3.94. The summed E-state index contributed by atoms with van der Waals surface area (Å²) in [6, 6.07) is 6.68. The predicted molar refractivity (Wildman–Crippen MR) is 125 cm³/mol. The Balaban J connectivity index is 1.60. The van der Waals surface area contributed by atoms with Crippen LogP contribution in [-0.4, -0.2) is 42.2 Å². The summed E-state index contributed by atoms with van der Waals surface area (Å²) < 4.78 is 0. The standard InChI is InChI=1S/C25H34N2S/c1-7-22(23-8-9-23)16-18(2)20(4)26-12-14-27(15-13-26)21(5)25-11-10-24(28-6)17-19(25)3/h7,10-11,16-17,23H,4-5,8-9,12-15H2,1-3,6H3/b18-16-,22-7+. The zero-order valence-electron chi connectivity index (χ0n) is 17.9. The van der Waals surface area contributed by atoms with Crippen LogP contribution >= 0.6 is 11.8 Å². The van der Waals surface area contributed by atoms with E-state index in [-0.39, 0.29) is 0 Å². The Morgan fingerprint density at radius 2 is 1.75 bits per heavy atom. The van der Waals surface area contributed by atoms with Gasteiger partial charge >= 0.3 is 0 Å². The average molecular weight is 395 g/mol. The maximum Gasteiger partial charge on any atom is 0.0370 e. The highest BCUT2D eigenvalue weighted by Gasteiger charge is 2.25. The van der Waals surface area contributed by atoms with Gasteiger partial charge in [-0.2, -0.15) is 0 Å². The first-order valence-electron chi connectivity index (χ1n) is 10.3. The molecule has 28 heavy (non-hydrogen) atoms. The number of aryl methyl sites for hydroxylation is 1. The molecule has 2 nitrogen and oxygen atoms in total. The van der Waals surface area contributed by atoms with Gasteiger partial charge in [-0.25, -0.2) is 0 Å². The number of piperazine rings is 1. The fraction of sp³-hybridized carbons (Fsp3) is 0.440. The monoisotopic (exact) mass is 394 g/mol. The predicted octanol–water partition coefficient (Wildman–Crippen LogP) is 6.12. The van der Waals surface area contributed by atoms with E-state index >= 15 is 0 Å². The first-order valence-corrected chi connectivity index (χ1v) is 11.5. The zero-order valence-corrected chi connectivity index (χ0v) is 18.7. The van der Waals surface area contributed by atoms with Crippen LogP contribution < -0.4 is 0 Å². The molecule has 0 atom stereocenters. The highest BCUT2D eigenvalue weighted by molar-refractivity contribution is 7.98. The van der Waals surface area contributed by atoms with Crippen LogP contribution in [0.2, 0.25) is 0 Å². The summed E-state index contributed by atoms with van der Waals surface area (Å²) in [4.78, 5) is 6.16. The number of allylic oxidation sites excluding steroid dienone is 4. The molecule has 3 heteroatoms. The van der Waals surface area contributed by atoms with Crippen LogP contribution in [0.15, 0.2) is 65.2 Å². The second kappa shape index (κ2) is 9.09. The van der Waals surface area contributed by atoms with Crippen molar-refractivity contribution in [3.8, 4) is 0 Å². The van der Waals surface area contributed by atoms with E-state index < -0.39 is 0 Å². The Hall–Kier alpha value is -1.87. The molecule has 2 aliphatic rings. The van der Waals surface area contributed by atoms with E-state index in [0.29, 0.717) is 0 Å². The second-order valence-electron chi connectivity index (χ2n) is 7.94. The summed E-state index contributed by atoms with van der Waals surface area (Å²) in [5.74, 6) is 0.786. The summed E-state index contributed by atoms with van der Waals surface area (Å²) in [5, 5.41) is 0. The van der Waals surface area contributed by atoms with E-state index in [4.69, 9.17) is 0 Å². The van der Waals surface area contributed by atoms with Gasteiger partial charge in [0.1, 0.15) is 0 Å². The van der Waals surface area contributed by atoms with Gasteiger partial charge < -0.3 is 9.80 Å². The summed E-state index contributed by atoms with van der Waals surface area (Å²) >= 11 is 1.79. The molecule has 1 heterocycles. The van der Waals surface area contributed by atoms with Gasteiger partial charge in [0.05, 0.1) is 0 Å². The van der Waals surface area contributed by atoms with Crippen LogP contribution in [0.25, 0.3) is 5.70 Å². The van der Waals surface area contributed by atoms with Crippen LogP contribution in [0, 0.1) is 12.8 Å². The Labute approximate surface area is 175 Å². The largest absolute Gasteiger partial charge is 0.368 e. The molecule has 0 aromatic heterocycles. The van der Waals surface area contributed by atoms with Crippen molar-refractivity contribution in [3.63, 3.8) is 0 Å². The lowest BCUT2D eigenvalue weighted by Crippen LogP contribution is -2.44. The van der Waals surface area contributed by atoms with Crippen molar-refractivity contribution in [1.29, 1.82) is 0 Å². The van der Waals surface area contributed by atoms with Crippen molar-refractivity contribution in [1.82, 2.24) is 9.80 Å². The summed E-state index contributed by atoms with van der Waals surface area (Å²) in [5.41, 5.74) is 7.67. The number of rotatable bonds is 7. The lowest BCUT2D eigenvalue weighted by atomic mass is 10.0. The highest BCUT2D eigenvalue weighted by atomic mass is 32.2. The van der Waals surface area contributed by atoms with E-state index in [9.17, 15) is 0 Å². The van der Waals surface area contributed by atoms with E-state index in [2.05, 4.69) is 80.3 Å². The van der Waals surface area contributed by atoms with Crippen molar-refractivity contribution >= 4 is 17.5 Å². The first-order chi connectivity index (χ1) is 13.4. The minimum atomic E-state index is 0.786. The summed E-state index contributed by atoms with van der Waals surface area (Å²) in [7, 11) is 0. The molecule has 1 aromatic carbocycles. The molecule has 150 valence electrons. The van der Waals surface area contributed by atoms with Crippen molar-refractivity contribution in [3.05, 3.63) is 71.5 Å². The van der Waals surface area contributed by atoms with E-state index in [1.807, 2.05) is 0 Å². The average Bonchev–Trinajstić information content (AvgIpc) is 3.56. The lowest BCUT2D eigenvalue weighted by molar-refractivity contribution is 0.217. The van der Waals surface area contributed by atoms with E-state index in [0.717, 1.165) is 37.8 Å². The number of thioether (sulfide) groups is 1. The van der Waals surface area contributed by atoms with Gasteiger partial charge in [-0.3, -0.25) is 0 Å². The molecule has 1 aromatic rings. The smallest absolute Gasteiger partial charge is 0.0370 e. The molecule has 0 radical (unpaired) electrons. The molecule has 3 rings (SSSR count). The fourth-order valence-corrected chi connectivity index (χ4v) is 4.44. The summed E-state index contributed by atoms with van der Waals surface area (Å²) in [6.07, 6.45) is 9.42. The van der Waals surface area contributed by atoms with Crippen LogP contribution in [0.1, 0.15) is 37.8 Å². The zero-order chi connectivity index (χ0) is 20.3. The Bertz CT molecular complexity index is 806. The van der Waals surface area contributed by atoms with Crippen molar-refractivity contribution < 1.29 is 0 Å². The lowest BCUT2D eigenvalue weighted by Gasteiger charge is -2.39. The molecule has 0 spiro atoms. The van der Waals surface area contributed by atoms with Gasteiger partial charge in [0.15, 0.2) is 0 Å². The third-order valence-electron chi connectivity index (χ3n) is 6.01. The van der Waals surface area contributed by atoms with Crippen LogP contribution in [0.3, 0.4) is 0 Å². The van der Waals surface area contributed by atoms with E-state index in [1.165, 1.54) is 45.7 Å². The molecule has 0 bridgehead atoms. The number of hydrogen-bond donors (Lipinski definition) is 0. The van der Waals surface area contributed by atoms with Gasteiger partial charge in [0.25, 0.3) is 0 Å². The van der Waals surface area contributed by atoms with Crippen LogP contribution in [0.4, 0.5) is 0 Å². The van der Waals surface area contributed by atoms with Gasteiger partial charge in [0, 0.05) is 48.0 Å². The molecule has 1 aliphatic carbocycles. The van der Waals surface area contributed by atoms with Gasteiger partial charge in [-0.05, 0) is 74.6 Å². The van der Waals surface area contributed by atoms with Gasteiger partial charge in [-0.15, -0.1) is 11.8 Å². The first kappa shape index (κ1) is 20.9. The molecule has 1 saturated carbocycles. The van der Waals surface area contributed by atoms with Gasteiger partial charge in [0.2, 0.25) is 0 Å². The Kier molecular flexibility index (Phi) is 6.77. The SMILES string of the molecule is C=C(/C(C)=C\C(=C/C)C1CC1)N1CCN(C(=C)c2ccc(SC)cc2C)CC1. The molecule has 2 fully saturated rings. The van der Waals surface area contributed by atoms with Crippen molar-refractivity contribution in [2.24, 2.45) is 5.92 Å². The summed E-state index contributed by atoms with van der Waals surface area (Å²) in [6.45, 7) is 19.3. The molecule has 1 aliphatic heterocycles. The second-order valence-corrected chi connectivity index (χ2v) is 8.82. The third-order valence-corrected chi connectivity index (χ3v) is 6.73. The van der Waals surface area contributed by atoms with Crippen molar-refractivity contribution in [2.45, 2.75) is 38.5 Å². The minimum absolute atomic E-state index is 0.786. The normalized spacial score (nSPS) is 18.4. The van der Waals surface area contributed by atoms with Crippen LogP contribution in [0.5, 0.6) is 0 Å². The maximum absolute atomic E-state index is 4.41. The van der Waals surface area contributed by atoms with Crippen LogP contribution in [-0.2, 0) is 0 Å². The topological polar surface area (TPSA) is 6.48 Å². The maximum atomic E-state index is 4.41. The Morgan fingerprint density at radius 1 is 1.11 bits per heavy atom. The molecule has 0 N–H and O–H groups in total. The molecular weight excluding hydrogens is 360 g/mol. The minimum Gasteiger partial charge on any atom is -0.368 e. The quantitative estimate of drug-likeness (QED) is 0.406. The number of benzene rings is 1. The van der Waals surface area contributed by atoms with Gasteiger partial charge in [-0.1, -0.05) is 31.4 Å². The molecule has 0 amide bonds. The molecule has 1 saturated heterocycles. The number of hydrogen-bond acceptors (Lipinski definition) is 3. The highest BCUT2D eigenvalue weighted by Crippen LogP contribution is 2.38. The third kappa shape index (κ3) is 4.75. The number of nitrogens with zero attached hydrogens (tertiary/aromatic N) is 2. The Morgan fingerprint density at radius 3 is 2.29 bits per heavy atom. The molecular formula is C25H34N2S.